The molecule has 1 saturated heterocycles. The van der Waals surface area contributed by atoms with Gasteiger partial charge < -0.3 is 11.1 Å². The molecule has 3 atom stereocenters. The summed E-state index contributed by atoms with van der Waals surface area (Å²) in [6.07, 6.45) is 0.478. The molecule has 0 aromatic carbocycles. The van der Waals surface area contributed by atoms with Crippen molar-refractivity contribution >= 4 is 5.91 Å². The van der Waals surface area contributed by atoms with Gasteiger partial charge in [-0.05, 0) is 12.8 Å². The predicted octanol–water partition coefficient (Wildman–Crippen LogP) is -0.142. The summed E-state index contributed by atoms with van der Waals surface area (Å²) in [6.45, 7) is 4.05. The Labute approximate surface area is 61.0 Å². The van der Waals surface area contributed by atoms with Crippen molar-refractivity contribution in [2.24, 2.45) is 11.7 Å². The maximum Gasteiger partial charge on any atom is 0.221 e. The fraction of sp³-hybridized carbons (Fsp3) is 0.857. The fourth-order valence-electron chi connectivity index (χ4n) is 1.22. The zero-order valence-corrected chi connectivity index (χ0v) is 6.42. The van der Waals surface area contributed by atoms with Gasteiger partial charge in [0.05, 0.1) is 0 Å². The summed E-state index contributed by atoms with van der Waals surface area (Å²) in [5.74, 6) is 0.482. The summed E-state index contributed by atoms with van der Waals surface area (Å²) in [6, 6.07) is 0.278. The number of carbonyl (C=O) groups excluding carboxylic acids is 1. The van der Waals surface area contributed by atoms with Crippen LogP contribution in [-0.2, 0) is 4.79 Å². The van der Waals surface area contributed by atoms with E-state index in [4.69, 9.17) is 5.73 Å². The first-order valence-electron chi connectivity index (χ1n) is 3.66. The molecule has 3 heteroatoms. The fourth-order valence-corrected chi connectivity index (χ4v) is 1.22. The quantitative estimate of drug-likeness (QED) is 0.494. The lowest BCUT2D eigenvalue weighted by molar-refractivity contribution is -0.124. The highest BCUT2D eigenvalue weighted by Gasteiger charge is 2.27. The highest BCUT2D eigenvalue weighted by atomic mass is 16.1. The molecule has 3 unspecified atom stereocenters. The third kappa shape index (κ3) is 1.29. The van der Waals surface area contributed by atoms with Gasteiger partial charge in [-0.2, -0.15) is 0 Å². The van der Waals surface area contributed by atoms with Crippen LogP contribution in [0, 0.1) is 5.92 Å². The van der Waals surface area contributed by atoms with Crippen molar-refractivity contribution in [3.8, 4) is 0 Å². The molecule has 1 amide bonds. The lowest BCUT2D eigenvalue weighted by atomic mass is 9.89. The predicted molar refractivity (Wildman–Crippen MR) is 39.4 cm³/mol. The van der Waals surface area contributed by atoms with Crippen molar-refractivity contribution in [1.82, 2.24) is 5.32 Å². The lowest BCUT2D eigenvalue weighted by Crippen LogP contribution is -2.52. The van der Waals surface area contributed by atoms with Crippen LogP contribution < -0.4 is 11.1 Å². The Morgan fingerprint density at radius 3 is 2.70 bits per heavy atom. The Hall–Kier alpha value is -0.570. The van der Waals surface area contributed by atoms with E-state index in [1.165, 1.54) is 0 Å². The minimum Gasteiger partial charge on any atom is -0.353 e. The summed E-state index contributed by atoms with van der Waals surface area (Å²) in [5, 5.41) is 2.84. The zero-order chi connectivity index (χ0) is 7.72. The summed E-state index contributed by atoms with van der Waals surface area (Å²) < 4.78 is 0. The Bertz CT molecular complexity index is 133. The largest absolute Gasteiger partial charge is 0.353 e. The molecule has 0 aromatic rings. The summed E-state index contributed by atoms with van der Waals surface area (Å²) in [4.78, 5) is 10.8. The highest BCUT2D eigenvalue weighted by molar-refractivity contribution is 5.77. The van der Waals surface area contributed by atoms with Gasteiger partial charge in [0.1, 0.15) is 0 Å². The van der Waals surface area contributed by atoms with Crippen molar-refractivity contribution < 1.29 is 4.79 Å². The van der Waals surface area contributed by atoms with Gasteiger partial charge in [0, 0.05) is 18.5 Å². The van der Waals surface area contributed by atoms with Gasteiger partial charge in [-0.3, -0.25) is 4.79 Å². The van der Waals surface area contributed by atoms with E-state index in [2.05, 4.69) is 12.2 Å². The van der Waals surface area contributed by atoms with E-state index in [1.807, 2.05) is 6.92 Å². The van der Waals surface area contributed by atoms with E-state index in [0.29, 0.717) is 12.3 Å². The Balaban J connectivity index is 2.57. The van der Waals surface area contributed by atoms with Gasteiger partial charge >= 0.3 is 0 Å². The summed E-state index contributed by atoms with van der Waals surface area (Å²) >= 11 is 0. The van der Waals surface area contributed by atoms with E-state index in [1.54, 1.807) is 0 Å². The van der Waals surface area contributed by atoms with Gasteiger partial charge in [-0.15, -0.1) is 0 Å². The normalized spacial score (nSPS) is 41.1. The van der Waals surface area contributed by atoms with Gasteiger partial charge in [0.15, 0.2) is 0 Å². The third-order valence-electron chi connectivity index (χ3n) is 2.27. The topological polar surface area (TPSA) is 55.1 Å². The Morgan fingerprint density at radius 1 is 1.60 bits per heavy atom. The molecule has 0 aromatic heterocycles. The van der Waals surface area contributed by atoms with Gasteiger partial charge in [0.25, 0.3) is 0 Å². The van der Waals surface area contributed by atoms with Gasteiger partial charge in [0.2, 0.25) is 5.91 Å². The number of piperidine rings is 1. The molecule has 1 rings (SSSR count). The molecular formula is C7H14N2O. The maximum atomic E-state index is 10.8. The average Bonchev–Trinajstić information content (AvgIpc) is 1.82. The monoisotopic (exact) mass is 142 g/mol. The number of amides is 1. The lowest BCUT2D eigenvalue weighted by Gasteiger charge is -2.31. The molecule has 1 heterocycles. The van der Waals surface area contributed by atoms with Crippen molar-refractivity contribution in [3.63, 3.8) is 0 Å². The first kappa shape index (κ1) is 7.54. The number of carbonyl (C=O) groups is 1. The number of nitrogens with two attached hydrogens (primary N) is 1. The molecule has 10 heavy (non-hydrogen) atoms. The standard InChI is InChI=1S/C7H14N2O/c1-4-5(2)9-7(10)3-6(4)8/h4-6H,3,8H2,1-2H3,(H,9,10). The van der Waals surface area contributed by atoms with Crippen LogP contribution in [0.3, 0.4) is 0 Å². The van der Waals surface area contributed by atoms with Crippen molar-refractivity contribution in [1.29, 1.82) is 0 Å². The zero-order valence-electron chi connectivity index (χ0n) is 6.42. The second kappa shape index (κ2) is 2.58. The molecular weight excluding hydrogens is 128 g/mol. The SMILES string of the molecule is CC1NC(=O)CC(N)C1C. The Kier molecular flexibility index (Phi) is 1.94. The molecule has 3 nitrogen and oxygen atoms in total. The first-order chi connectivity index (χ1) is 4.61. The molecule has 3 N–H and O–H groups in total. The first-order valence-corrected chi connectivity index (χ1v) is 3.66. The average molecular weight is 142 g/mol. The Morgan fingerprint density at radius 2 is 2.20 bits per heavy atom. The van der Waals surface area contributed by atoms with Gasteiger partial charge in [-0.1, -0.05) is 6.92 Å². The van der Waals surface area contributed by atoms with Crippen molar-refractivity contribution in [3.05, 3.63) is 0 Å². The smallest absolute Gasteiger partial charge is 0.221 e. The second-order valence-electron chi connectivity index (χ2n) is 3.08. The molecule has 58 valence electrons. The highest BCUT2D eigenvalue weighted by Crippen LogP contribution is 2.14. The van der Waals surface area contributed by atoms with E-state index >= 15 is 0 Å². The summed E-state index contributed by atoms with van der Waals surface area (Å²) in [5.41, 5.74) is 5.70. The molecule has 1 fully saturated rings. The van der Waals surface area contributed by atoms with Crippen LogP contribution in [-0.4, -0.2) is 18.0 Å². The van der Waals surface area contributed by atoms with Gasteiger partial charge in [-0.25, -0.2) is 0 Å². The molecule has 0 spiro atoms. The van der Waals surface area contributed by atoms with Crippen molar-refractivity contribution in [2.45, 2.75) is 32.4 Å². The van der Waals surface area contributed by atoms with Crippen LogP contribution in [0.15, 0.2) is 0 Å². The number of hydrogen-bond donors (Lipinski definition) is 2. The van der Waals surface area contributed by atoms with Crippen LogP contribution in [0.5, 0.6) is 0 Å². The molecule has 0 bridgehead atoms. The van der Waals surface area contributed by atoms with E-state index in [9.17, 15) is 4.79 Å². The molecule has 0 aliphatic carbocycles. The molecule has 0 radical (unpaired) electrons. The van der Waals surface area contributed by atoms with Crippen LogP contribution >= 0.6 is 0 Å². The number of nitrogens with one attached hydrogen (secondary N) is 1. The molecule has 1 aliphatic heterocycles. The van der Waals surface area contributed by atoms with E-state index < -0.39 is 0 Å². The minimum atomic E-state index is 0.0451. The van der Waals surface area contributed by atoms with Crippen LogP contribution in [0.25, 0.3) is 0 Å². The second-order valence-corrected chi connectivity index (χ2v) is 3.08. The van der Waals surface area contributed by atoms with Crippen LogP contribution in [0.2, 0.25) is 0 Å². The van der Waals surface area contributed by atoms with E-state index in [-0.39, 0.29) is 18.0 Å². The third-order valence-corrected chi connectivity index (χ3v) is 2.27. The van der Waals surface area contributed by atoms with E-state index in [0.717, 1.165) is 0 Å². The number of rotatable bonds is 0. The van der Waals surface area contributed by atoms with Crippen LogP contribution in [0.4, 0.5) is 0 Å². The van der Waals surface area contributed by atoms with Crippen molar-refractivity contribution in [2.75, 3.05) is 0 Å². The maximum absolute atomic E-state index is 10.8. The molecule has 1 aliphatic rings. The molecule has 0 saturated carbocycles. The summed E-state index contributed by atoms with van der Waals surface area (Å²) in [7, 11) is 0. The number of hydrogen-bond acceptors (Lipinski definition) is 2. The minimum absolute atomic E-state index is 0.0451. The van der Waals surface area contributed by atoms with Crippen LogP contribution in [0.1, 0.15) is 20.3 Å².